The Morgan fingerprint density at radius 2 is 1.68 bits per heavy atom. The summed E-state index contributed by atoms with van der Waals surface area (Å²) >= 11 is 0. The van der Waals surface area contributed by atoms with Gasteiger partial charge >= 0.3 is 0 Å². The van der Waals surface area contributed by atoms with Crippen molar-refractivity contribution in [2.24, 2.45) is 0 Å². The van der Waals surface area contributed by atoms with Crippen LogP contribution in [0.25, 0.3) is 11.1 Å². The van der Waals surface area contributed by atoms with Crippen LogP contribution in [0.15, 0.2) is 67.0 Å². The molecule has 0 fully saturated rings. The van der Waals surface area contributed by atoms with Gasteiger partial charge in [-0.2, -0.15) is 0 Å². The Morgan fingerprint density at radius 3 is 2.36 bits per heavy atom. The van der Waals surface area contributed by atoms with Gasteiger partial charge in [0.25, 0.3) is 0 Å². The first-order valence-corrected chi connectivity index (χ1v) is 6.99. The molecule has 0 radical (unpaired) electrons. The lowest BCUT2D eigenvalue weighted by Gasteiger charge is -2.09. The number of aromatic nitrogens is 1. The summed E-state index contributed by atoms with van der Waals surface area (Å²) in [5.74, 6) is -0.236. The zero-order valence-electron chi connectivity index (χ0n) is 11.9. The van der Waals surface area contributed by atoms with E-state index in [0.29, 0.717) is 12.0 Å². The minimum absolute atomic E-state index is 0.236. The maximum Gasteiger partial charge on any atom is 0.150 e. The smallest absolute Gasteiger partial charge is 0.150 e. The molecule has 0 aliphatic carbocycles. The molecule has 0 aliphatic rings. The summed E-state index contributed by atoms with van der Waals surface area (Å²) in [5.41, 5.74) is 4.84. The van der Waals surface area contributed by atoms with Gasteiger partial charge in [-0.3, -0.25) is 9.78 Å². The Labute approximate surface area is 128 Å². The summed E-state index contributed by atoms with van der Waals surface area (Å²) in [4.78, 5) is 14.9. The molecule has 22 heavy (non-hydrogen) atoms. The van der Waals surface area contributed by atoms with E-state index in [1.807, 2.05) is 24.4 Å². The fourth-order valence-electron chi connectivity index (χ4n) is 2.41. The van der Waals surface area contributed by atoms with Crippen LogP contribution in [0, 0.1) is 5.82 Å². The zero-order chi connectivity index (χ0) is 15.4. The lowest BCUT2D eigenvalue weighted by molar-refractivity contribution is 0.112. The summed E-state index contributed by atoms with van der Waals surface area (Å²) in [6.45, 7) is 0. The van der Waals surface area contributed by atoms with E-state index >= 15 is 0 Å². The number of hydrogen-bond acceptors (Lipinski definition) is 2. The maximum atomic E-state index is 13.0. The number of carbonyl (C=O) groups excluding carboxylic acids is 1. The molecule has 0 N–H and O–H groups in total. The third-order valence-corrected chi connectivity index (χ3v) is 3.57. The van der Waals surface area contributed by atoms with Gasteiger partial charge < -0.3 is 0 Å². The number of halogens is 1. The van der Waals surface area contributed by atoms with Gasteiger partial charge in [-0.05, 0) is 46.9 Å². The first kappa shape index (κ1) is 14.1. The van der Waals surface area contributed by atoms with Crippen molar-refractivity contribution < 1.29 is 9.18 Å². The molecule has 1 heterocycles. The predicted molar refractivity (Wildman–Crippen MR) is 84.3 cm³/mol. The topological polar surface area (TPSA) is 30.0 Å². The van der Waals surface area contributed by atoms with Crippen LogP contribution in [0.5, 0.6) is 0 Å². The van der Waals surface area contributed by atoms with Gasteiger partial charge in [0, 0.05) is 18.0 Å². The molecule has 0 bridgehead atoms. The van der Waals surface area contributed by atoms with Crippen molar-refractivity contribution >= 4 is 6.29 Å². The highest BCUT2D eigenvalue weighted by Gasteiger charge is 2.06. The zero-order valence-corrected chi connectivity index (χ0v) is 11.9. The summed E-state index contributed by atoms with van der Waals surface area (Å²) in [7, 11) is 0. The van der Waals surface area contributed by atoms with Crippen molar-refractivity contribution in [1.82, 2.24) is 4.98 Å². The van der Waals surface area contributed by atoms with Crippen LogP contribution in [0.1, 0.15) is 21.5 Å². The van der Waals surface area contributed by atoms with Gasteiger partial charge in [-0.1, -0.05) is 36.4 Å². The Kier molecular flexibility index (Phi) is 4.05. The number of hydrogen-bond donors (Lipinski definition) is 0. The summed E-state index contributed by atoms with van der Waals surface area (Å²) in [5, 5.41) is 0. The molecular formula is C19H14FNO. The normalized spacial score (nSPS) is 10.4. The van der Waals surface area contributed by atoms with E-state index in [-0.39, 0.29) is 5.82 Å². The van der Waals surface area contributed by atoms with Crippen LogP contribution >= 0.6 is 0 Å². The van der Waals surface area contributed by atoms with Crippen molar-refractivity contribution in [3.05, 3.63) is 89.5 Å². The molecule has 0 saturated heterocycles. The van der Waals surface area contributed by atoms with Crippen LogP contribution in [0.3, 0.4) is 0 Å². The van der Waals surface area contributed by atoms with E-state index in [0.717, 1.165) is 28.5 Å². The largest absolute Gasteiger partial charge is 0.298 e. The number of pyridine rings is 1. The molecule has 0 atom stereocenters. The highest BCUT2D eigenvalue weighted by molar-refractivity contribution is 5.77. The first-order valence-electron chi connectivity index (χ1n) is 6.99. The van der Waals surface area contributed by atoms with Crippen molar-refractivity contribution in [1.29, 1.82) is 0 Å². The second kappa shape index (κ2) is 6.31. The quantitative estimate of drug-likeness (QED) is 0.671. The molecule has 3 heteroatoms. The van der Waals surface area contributed by atoms with Crippen LogP contribution in [-0.4, -0.2) is 11.3 Å². The predicted octanol–water partition coefficient (Wildman–Crippen LogP) is 4.29. The molecule has 0 aliphatic heterocycles. The third kappa shape index (κ3) is 3.09. The summed E-state index contributed by atoms with van der Waals surface area (Å²) in [6.07, 6.45) is 5.08. The van der Waals surface area contributed by atoms with Crippen molar-refractivity contribution in [3.63, 3.8) is 0 Å². The SMILES string of the molecule is O=Cc1ccc(-c2ccncc2Cc2ccc(F)cc2)cc1. The van der Waals surface area contributed by atoms with Crippen LogP contribution in [-0.2, 0) is 6.42 Å². The van der Waals surface area contributed by atoms with Gasteiger partial charge in [0.2, 0.25) is 0 Å². The minimum atomic E-state index is -0.236. The second-order valence-corrected chi connectivity index (χ2v) is 5.08. The lowest BCUT2D eigenvalue weighted by Crippen LogP contribution is -1.94. The monoisotopic (exact) mass is 291 g/mol. The Hall–Kier alpha value is -2.81. The number of carbonyl (C=O) groups is 1. The van der Waals surface area contributed by atoms with Crippen molar-refractivity contribution in [3.8, 4) is 11.1 Å². The number of rotatable bonds is 4. The first-order chi connectivity index (χ1) is 10.8. The highest BCUT2D eigenvalue weighted by Crippen LogP contribution is 2.25. The molecule has 2 aromatic carbocycles. The Balaban J connectivity index is 1.95. The average Bonchev–Trinajstić information content (AvgIpc) is 2.58. The molecule has 108 valence electrons. The van der Waals surface area contributed by atoms with E-state index < -0.39 is 0 Å². The van der Waals surface area contributed by atoms with Crippen LogP contribution in [0.2, 0.25) is 0 Å². The third-order valence-electron chi connectivity index (χ3n) is 3.57. The Morgan fingerprint density at radius 1 is 0.955 bits per heavy atom. The fraction of sp³-hybridized carbons (Fsp3) is 0.0526. The van der Waals surface area contributed by atoms with E-state index in [9.17, 15) is 9.18 Å². The maximum absolute atomic E-state index is 13.0. The Bertz CT molecular complexity index is 779. The van der Waals surface area contributed by atoms with Gasteiger partial charge in [0.15, 0.2) is 0 Å². The molecular weight excluding hydrogens is 277 g/mol. The van der Waals surface area contributed by atoms with Crippen LogP contribution < -0.4 is 0 Å². The summed E-state index contributed by atoms with van der Waals surface area (Å²) in [6, 6.07) is 15.9. The molecule has 1 aromatic heterocycles. The van der Waals surface area contributed by atoms with E-state index in [4.69, 9.17) is 0 Å². The van der Waals surface area contributed by atoms with E-state index in [2.05, 4.69) is 4.98 Å². The van der Waals surface area contributed by atoms with Crippen LogP contribution in [0.4, 0.5) is 4.39 Å². The number of nitrogens with zero attached hydrogens (tertiary/aromatic N) is 1. The van der Waals surface area contributed by atoms with Gasteiger partial charge in [0.1, 0.15) is 12.1 Å². The van der Waals surface area contributed by atoms with Gasteiger partial charge in [-0.25, -0.2) is 4.39 Å². The molecule has 3 aromatic rings. The highest BCUT2D eigenvalue weighted by atomic mass is 19.1. The average molecular weight is 291 g/mol. The standard InChI is InChI=1S/C19H14FNO/c20-18-7-3-14(4-8-18)11-17-12-21-10-9-19(17)16-5-1-15(13-22)2-6-16/h1-10,12-13H,11H2. The van der Waals surface area contributed by atoms with Gasteiger partial charge in [-0.15, -0.1) is 0 Å². The second-order valence-electron chi connectivity index (χ2n) is 5.08. The van der Waals surface area contributed by atoms with Gasteiger partial charge in [0.05, 0.1) is 0 Å². The molecule has 0 amide bonds. The van der Waals surface area contributed by atoms with E-state index in [1.54, 1.807) is 30.5 Å². The molecule has 0 spiro atoms. The fourth-order valence-corrected chi connectivity index (χ4v) is 2.41. The summed E-state index contributed by atoms with van der Waals surface area (Å²) < 4.78 is 13.0. The number of aldehydes is 1. The van der Waals surface area contributed by atoms with Crippen molar-refractivity contribution in [2.75, 3.05) is 0 Å². The molecule has 0 saturated carbocycles. The van der Waals surface area contributed by atoms with E-state index in [1.165, 1.54) is 12.1 Å². The number of benzene rings is 2. The molecule has 3 rings (SSSR count). The molecule has 2 nitrogen and oxygen atoms in total. The lowest BCUT2D eigenvalue weighted by atomic mass is 9.96. The molecule has 0 unspecified atom stereocenters. The minimum Gasteiger partial charge on any atom is -0.298 e. The van der Waals surface area contributed by atoms with Crippen molar-refractivity contribution in [2.45, 2.75) is 6.42 Å².